The number of anilines is 1. The minimum atomic E-state index is -0.939. The van der Waals surface area contributed by atoms with Crippen molar-refractivity contribution in [2.45, 2.75) is 6.92 Å². The standard InChI is InChI=1S/C11H12F2N2O/c1-6(2)5-15-11(16)7-3-10(14)9(13)4-8(7)12/h3-4H,1,5,14H2,2H3,(H,15,16). The lowest BCUT2D eigenvalue weighted by Gasteiger charge is -2.07. The van der Waals surface area contributed by atoms with Crippen molar-refractivity contribution in [3.8, 4) is 0 Å². The molecule has 0 saturated heterocycles. The Labute approximate surface area is 91.9 Å². The summed E-state index contributed by atoms with van der Waals surface area (Å²) in [6.45, 7) is 5.53. The maximum absolute atomic E-state index is 13.2. The number of hydrogen-bond donors (Lipinski definition) is 2. The maximum Gasteiger partial charge on any atom is 0.254 e. The fourth-order valence-electron chi connectivity index (χ4n) is 1.07. The molecule has 0 atom stereocenters. The number of nitrogens with one attached hydrogen (secondary N) is 1. The lowest BCUT2D eigenvalue weighted by molar-refractivity contribution is 0.0953. The molecule has 0 aliphatic rings. The van der Waals surface area contributed by atoms with Crippen molar-refractivity contribution >= 4 is 11.6 Å². The van der Waals surface area contributed by atoms with Gasteiger partial charge in [0, 0.05) is 12.6 Å². The topological polar surface area (TPSA) is 55.1 Å². The highest BCUT2D eigenvalue weighted by atomic mass is 19.1. The van der Waals surface area contributed by atoms with Crippen LogP contribution >= 0.6 is 0 Å². The number of amides is 1. The maximum atomic E-state index is 13.2. The molecule has 1 amide bonds. The van der Waals surface area contributed by atoms with E-state index in [0.717, 1.165) is 11.6 Å². The van der Waals surface area contributed by atoms with Gasteiger partial charge in [0.25, 0.3) is 5.91 Å². The van der Waals surface area contributed by atoms with Gasteiger partial charge in [-0.05, 0) is 13.0 Å². The fourth-order valence-corrected chi connectivity index (χ4v) is 1.07. The van der Waals surface area contributed by atoms with Crippen molar-refractivity contribution in [1.82, 2.24) is 5.32 Å². The van der Waals surface area contributed by atoms with Crippen LogP contribution in [0.1, 0.15) is 17.3 Å². The van der Waals surface area contributed by atoms with Crippen LogP contribution in [-0.4, -0.2) is 12.5 Å². The van der Waals surface area contributed by atoms with Gasteiger partial charge in [-0.3, -0.25) is 4.79 Å². The Balaban J connectivity index is 2.91. The number of rotatable bonds is 3. The molecule has 0 saturated carbocycles. The van der Waals surface area contributed by atoms with E-state index >= 15 is 0 Å². The summed E-state index contributed by atoms with van der Waals surface area (Å²) in [5.41, 5.74) is 5.43. The van der Waals surface area contributed by atoms with Crippen LogP contribution in [0.15, 0.2) is 24.3 Å². The monoisotopic (exact) mass is 226 g/mol. The van der Waals surface area contributed by atoms with Gasteiger partial charge in [0.2, 0.25) is 0 Å². The molecule has 0 heterocycles. The Hall–Kier alpha value is -1.91. The minimum Gasteiger partial charge on any atom is -0.396 e. The van der Waals surface area contributed by atoms with Gasteiger partial charge in [0.05, 0.1) is 11.3 Å². The van der Waals surface area contributed by atoms with Crippen LogP contribution in [0.4, 0.5) is 14.5 Å². The first kappa shape index (κ1) is 12.2. The predicted octanol–water partition coefficient (Wildman–Crippen LogP) is 1.85. The molecule has 1 rings (SSSR count). The van der Waals surface area contributed by atoms with E-state index in [-0.39, 0.29) is 17.8 Å². The third kappa shape index (κ3) is 2.79. The van der Waals surface area contributed by atoms with Crippen molar-refractivity contribution < 1.29 is 13.6 Å². The second-order valence-corrected chi connectivity index (χ2v) is 3.49. The van der Waals surface area contributed by atoms with Crippen LogP contribution in [0.3, 0.4) is 0 Å². The summed E-state index contributed by atoms with van der Waals surface area (Å²) in [6, 6.07) is 1.56. The third-order valence-corrected chi connectivity index (χ3v) is 1.88. The quantitative estimate of drug-likeness (QED) is 0.610. The fraction of sp³-hybridized carbons (Fsp3) is 0.182. The molecule has 0 aliphatic carbocycles. The largest absolute Gasteiger partial charge is 0.396 e. The normalized spacial score (nSPS) is 9.94. The first-order valence-electron chi connectivity index (χ1n) is 4.59. The van der Waals surface area contributed by atoms with E-state index in [1.165, 1.54) is 0 Å². The number of halogens is 2. The summed E-state index contributed by atoms with van der Waals surface area (Å²) in [5.74, 6) is -2.47. The Kier molecular flexibility index (Phi) is 3.60. The van der Waals surface area contributed by atoms with Gasteiger partial charge >= 0.3 is 0 Å². The van der Waals surface area contributed by atoms with Crippen LogP contribution in [0.2, 0.25) is 0 Å². The molecular weight excluding hydrogens is 214 g/mol. The molecule has 0 radical (unpaired) electrons. The number of hydrogen-bond acceptors (Lipinski definition) is 2. The molecule has 5 heteroatoms. The van der Waals surface area contributed by atoms with E-state index in [4.69, 9.17) is 5.73 Å². The molecule has 0 fully saturated rings. The van der Waals surface area contributed by atoms with Crippen molar-refractivity contribution in [3.63, 3.8) is 0 Å². The van der Waals surface area contributed by atoms with Crippen LogP contribution in [0, 0.1) is 11.6 Å². The van der Waals surface area contributed by atoms with E-state index < -0.39 is 17.5 Å². The first-order chi connectivity index (χ1) is 7.41. The molecule has 86 valence electrons. The van der Waals surface area contributed by atoms with Gasteiger partial charge in [-0.1, -0.05) is 12.2 Å². The number of nitrogens with two attached hydrogens (primary N) is 1. The van der Waals surface area contributed by atoms with Gasteiger partial charge in [0.1, 0.15) is 11.6 Å². The van der Waals surface area contributed by atoms with Gasteiger partial charge in [-0.25, -0.2) is 8.78 Å². The van der Waals surface area contributed by atoms with E-state index in [0.29, 0.717) is 6.07 Å². The molecular formula is C11H12F2N2O. The smallest absolute Gasteiger partial charge is 0.254 e. The number of benzene rings is 1. The highest BCUT2D eigenvalue weighted by molar-refractivity contribution is 5.95. The Morgan fingerprint density at radius 2 is 2.06 bits per heavy atom. The summed E-state index contributed by atoms with van der Waals surface area (Å²) in [5, 5.41) is 2.43. The van der Waals surface area contributed by atoms with Crippen molar-refractivity contribution in [3.05, 3.63) is 41.5 Å². The van der Waals surface area contributed by atoms with Crippen molar-refractivity contribution in [1.29, 1.82) is 0 Å². The lowest BCUT2D eigenvalue weighted by atomic mass is 10.1. The van der Waals surface area contributed by atoms with Gasteiger partial charge in [0.15, 0.2) is 0 Å². The van der Waals surface area contributed by atoms with Crippen LogP contribution < -0.4 is 11.1 Å². The van der Waals surface area contributed by atoms with E-state index in [9.17, 15) is 13.6 Å². The Morgan fingerprint density at radius 3 is 2.62 bits per heavy atom. The highest BCUT2D eigenvalue weighted by Gasteiger charge is 2.14. The summed E-state index contributed by atoms with van der Waals surface area (Å²) in [7, 11) is 0. The zero-order chi connectivity index (χ0) is 12.3. The SMILES string of the molecule is C=C(C)CNC(=O)c1cc(N)c(F)cc1F. The zero-order valence-corrected chi connectivity index (χ0v) is 8.81. The third-order valence-electron chi connectivity index (χ3n) is 1.88. The van der Waals surface area contributed by atoms with Crippen molar-refractivity contribution in [2.24, 2.45) is 0 Å². The first-order valence-corrected chi connectivity index (χ1v) is 4.59. The van der Waals surface area contributed by atoms with Gasteiger partial charge < -0.3 is 11.1 Å². The van der Waals surface area contributed by atoms with Crippen molar-refractivity contribution in [2.75, 3.05) is 12.3 Å². The second-order valence-electron chi connectivity index (χ2n) is 3.49. The van der Waals surface area contributed by atoms with E-state index in [1.807, 2.05) is 0 Å². The highest BCUT2D eigenvalue weighted by Crippen LogP contribution is 2.16. The average molecular weight is 226 g/mol. The zero-order valence-electron chi connectivity index (χ0n) is 8.81. The summed E-state index contributed by atoms with van der Waals surface area (Å²) >= 11 is 0. The van der Waals surface area contributed by atoms with Gasteiger partial charge in [-0.2, -0.15) is 0 Å². The molecule has 0 spiro atoms. The van der Waals surface area contributed by atoms with E-state index in [2.05, 4.69) is 11.9 Å². The average Bonchev–Trinajstić information content (AvgIpc) is 2.20. The minimum absolute atomic E-state index is 0.232. The predicted molar refractivity (Wildman–Crippen MR) is 57.9 cm³/mol. The summed E-state index contributed by atoms with van der Waals surface area (Å²) < 4.78 is 26.1. The molecule has 0 bridgehead atoms. The number of nitrogen functional groups attached to an aromatic ring is 1. The lowest BCUT2D eigenvalue weighted by Crippen LogP contribution is -2.26. The molecule has 3 nitrogen and oxygen atoms in total. The molecule has 0 unspecified atom stereocenters. The summed E-state index contributed by atoms with van der Waals surface area (Å²) in [4.78, 5) is 11.5. The molecule has 0 aliphatic heterocycles. The Morgan fingerprint density at radius 1 is 1.44 bits per heavy atom. The molecule has 1 aromatic rings. The molecule has 3 N–H and O–H groups in total. The number of carbonyl (C=O) groups is 1. The van der Waals surface area contributed by atoms with E-state index in [1.54, 1.807) is 6.92 Å². The second kappa shape index (κ2) is 4.74. The molecule has 1 aromatic carbocycles. The summed E-state index contributed by atoms with van der Waals surface area (Å²) in [6.07, 6.45) is 0. The van der Waals surface area contributed by atoms with Gasteiger partial charge in [-0.15, -0.1) is 0 Å². The van der Waals surface area contributed by atoms with Crippen LogP contribution in [-0.2, 0) is 0 Å². The Bertz CT molecular complexity index is 444. The van der Waals surface area contributed by atoms with Crippen LogP contribution in [0.25, 0.3) is 0 Å². The molecule has 0 aromatic heterocycles. The molecule has 16 heavy (non-hydrogen) atoms. The van der Waals surface area contributed by atoms with Crippen LogP contribution in [0.5, 0.6) is 0 Å². The number of carbonyl (C=O) groups excluding carboxylic acids is 1.